The van der Waals surface area contributed by atoms with Gasteiger partial charge in [0.05, 0.1) is 5.39 Å². The number of aryl methyl sites for hydroxylation is 1. The number of H-pyrrole nitrogens is 1. The van der Waals surface area contributed by atoms with Crippen LogP contribution in [0.3, 0.4) is 0 Å². The average molecular weight is 344 g/mol. The number of carbonyl (C=O) groups is 1. The minimum atomic E-state index is -0.0539. The predicted octanol–water partition coefficient (Wildman–Crippen LogP) is 3.13. The van der Waals surface area contributed by atoms with Crippen molar-refractivity contribution in [1.29, 1.82) is 0 Å². The molecule has 3 rings (SSSR count). The van der Waals surface area contributed by atoms with E-state index in [0.717, 1.165) is 28.1 Å². The second-order valence-electron chi connectivity index (χ2n) is 5.53. The van der Waals surface area contributed by atoms with Crippen molar-refractivity contribution in [3.8, 4) is 11.4 Å². The van der Waals surface area contributed by atoms with Crippen molar-refractivity contribution >= 4 is 34.4 Å². The third kappa shape index (κ3) is 3.65. The highest BCUT2D eigenvalue weighted by Crippen LogP contribution is 2.26. The zero-order valence-corrected chi connectivity index (χ0v) is 14.2. The number of nitrogens with one attached hydrogen (secondary N) is 3. The smallest absolute Gasteiger partial charge is 0.216 e. The van der Waals surface area contributed by atoms with Gasteiger partial charge in [0, 0.05) is 36.3 Å². The fraction of sp³-hybridized carbons (Fsp3) is 0.235. The number of carbonyl (C=O) groups excluding carboxylic acids is 1. The molecular weight excluding hydrogens is 326 g/mol. The summed E-state index contributed by atoms with van der Waals surface area (Å²) in [7, 11) is 0. The molecule has 0 saturated carbocycles. The average Bonchev–Trinajstić information content (AvgIpc) is 2.91. The van der Waals surface area contributed by atoms with Crippen molar-refractivity contribution in [3.05, 3.63) is 41.0 Å². The normalized spacial score (nSPS) is 10.8. The largest absolute Gasteiger partial charge is 0.368 e. The highest BCUT2D eigenvalue weighted by molar-refractivity contribution is 6.30. The number of aromatic amines is 1. The zero-order chi connectivity index (χ0) is 17.1. The van der Waals surface area contributed by atoms with E-state index in [1.54, 1.807) is 0 Å². The zero-order valence-electron chi connectivity index (χ0n) is 13.5. The van der Waals surface area contributed by atoms with Crippen LogP contribution in [0.25, 0.3) is 22.4 Å². The number of hydrogen-bond acceptors (Lipinski definition) is 4. The Balaban J connectivity index is 1.95. The van der Waals surface area contributed by atoms with Crippen molar-refractivity contribution in [1.82, 2.24) is 20.3 Å². The summed E-state index contributed by atoms with van der Waals surface area (Å²) >= 11 is 6.07. The molecule has 0 aliphatic rings. The number of halogens is 1. The molecule has 0 radical (unpaired) electrons. The Kier molecular flexibility index (Phi) is 4.66. The molecule has 0 atom stereocenters. The summed E-state index contributed by atoms with van der Waals surface area (Å²) in [6, 6.07) is 9.44. The van der Waals surface area contributed by atoms with E-state index in [-0.39, 0.29) is 5.91 Å². The molecular formula is C17H18ClN5O. The summed E-state index contributed by atoms with van der Waals surface area (Å²) < 4.78 is 0. The summed E-state index contributed by atoms with van der Waals surface area (Å²) in [5, 5.41) is 7.57. The quantitative estimate of drug-likeness (QED) is 0.621. The molecule has 2 heterocycles. The van der Waals surface area contributed by atoms with Gasteiger partial charge in [0.15, 0.2) is 5.82 Å². The van der Waals surface area contributed by atoms with Crippen LogP contribution in [-0.4, -0.2) is 33.9 Å². The van der Waals surface area contributed by atoms with E-state index in [0.29, 0.717) is 23.9 Å². The maximum Gasteiger partial charge on any atom is 0.216 e. The first-order chi connectivity index (χ1) is 11.5. The number of anilines is 1. The van der Waals surface area contributed by atoms with Crippen LogP contribution in [0.5, 0.6) is 0 Å². The fourth-order valence-corrected chi connectivity index (χ4v) is 2.64. The Bertz CT molecular complexity index is 890. The third-order valence-electron chi connectivity index (χ3n) is 3.50. The summed E-state index contributed by atoms with van der Waals surface area (Å²) in [6.07, 6.45) is 0. The van der Waals surface area contributed by atoms with E-state index in [2.05, 4.69) is 25.6 Å². The second kappa shape index (κ2) is 6.88. The van der Waals surface area contributed by atoms with Crippen molar-refractivity contribution in [3.63, 3.8) is 0 Å². The molecule has 6 nitrogen and oxygen atoms in total. The number of rotatable bonds is 5. The van der Waals surface area contributed by atoms with Gasteiger partial charge in [-0.05, 0) is 25.1 Å². The number of hydrogen-bond donors (Lipinski definition) is 3. The molecule has 7 heteroatoms. The molecule has 3 N–H and O–H groups in total. The van der Waals surface area contributed by atoms with Crippen LogP contribution in [0.4, 0.5) is 5.82 Å². The lowest BCUT2D eigenvalue weighted by atomic mass is 10.2. The topological polar surface area (TPSA) is 82.7 Å². The number of benzene rings is 1. The summed E-state index contributed by atoms with van der Waals surface area (Å²) in [5.74, 6) is 1.26. The minimum Gasteiger partial charge on any atom is -0.368 e. The summed E-state index contributed by atoms with van der Waals surface area (Å²) in [5.41, 5.74) is 2.62. The van der Waals surface area contributed by atoms with Crippen molar-refractivity contribution in [2.24, 2.45) is 0 Å². The maximum atomic E-state index is 11.0. The second-order valence-corrected chi connectivity index (χ2v) is 5.97. The first-order valence-corrected chi connectivity index (χ1v) is 8.02. The Hall–Kier alpha value is -2.60. The monoisotopic (exact) mass is 343 g/mol. The van der Waals surface area contributed by atoms with Crippen LogP contribution < -0.4 is 10.6 Å². The predicted molar refractivity (Wildman–Crippen MR) is 96.2 cm³/mol. The lowest BCUT2D eigenvalue weighted by Crippen LogP contribution is -2.26. The van der Waals surface area contributed by atoms with Gasteiger partial charge in [0.2, 0.25) is 5.91 Å². The van der Waals surface area contributed by atoms with Crippen molar-refractivity contribution < 1.29 is 4.79 Å². The van der Waals surface area contributed by atoms with Crippen LogP contribution >= 0.6 is 11.6 Å². The van der Waals surface area contributed by atoms with Gasteiger partial charge in [0.1, 0.15) is 11.5 Å². The first kappa shape index (κ1) is 16.3. The number of fused-ring (bicyclic) bond motifs is 1. The van der Waals surface area contributed by atoms with Gasteiger partial charge in [-0.15, -0.1) is 0 Å². The Morgan fingerprint density at radius 1 is 1.25 bits per heavy atom. The van der Waals surface area contributed by atoms with E-state index in [9.17, 15) is 4.79 Å². The highest BCUT2D eigenvalue weighted by Gasteiger charge is 2.11. The molecule has 1 aromatic carbocycles. The molecule has 3 aromatic rings. The number of nitrogens with zero attached hydrogens (tertiary/aromatic N) is 2. The summed E-state index contributed by atoms with van der Waals surface area (Å²) in [4.78, 5) is 23.4. The third-order valence-corrected chi connectivity index (χ3v) is 3.73. The molecule has 2 aromatic heterocycles. The highest BCUT2D eigenvalue weighted by atomic mass is 35.5. The number of aromatic nitrogens is 3. The first-order valence-electron chi connectivity index (χ1n) is 7.64. The van der Waals surface area contributed by atoms with Crippen LogP contribution in [0.2, 0.25) is 5.02 Å². The van der Waals surface area contributed by atoms with E-state index >= 15 is 0 Å². The molecule has 0 spiro atoms. The van der Waals surface area contributed by atoms with Gasteiger partial charge in [-0.1, -0.05) is 23.7 Å². The van der Waals surface area contributed by atoms with Gasteiger partial charge in [-0.25, -0.2) is 9.97 Å². The van der Waals surface area contributed by atoms with Gasteiger partial charge < -0.3 is 15.6 Å². The Morgan fingerprint density at radius 3 is 2.83 bits per heavy atom. The van der Waals surface area contributed by atoms with Gasteiger partial charge in [-0.2, -0.15) is 0 Å². The van der Waals surface area contributed by atoms with Crippen LogP contribution in [0.1, 0.15) is 12.6 Å². The molecule has 0 aliphatic heterocycles. The molecule has 0 aliphatic carbocycles. The van der Waals surface area contributed by atoms with E-state index in [4.69, 9.17) is 11.6 Å². The Morgan fingerprint density at radius 2 is 2.08 bits per heavy atom. The fourth-order valence-electron chi connectivity index (χ4n) is 2.45. The lowest BCUT2D eigenvalue weighted by molar-refractivity contribution is -0.118. The van der Waals surface area contributed by atoms with Crippen LogP contribution in [-0.2, 0) is 4.79 Å². The van der Waals surface area contributed by atoms with Crippen molar-refractivity contribution in [2.75, 3.05) is 18.4 Å². The molecule has 124 valence electrons. The van der Waals surface area contributed by atoms with Crippen LogP contribution in [0.15, 0.2) is 30.3 Å². The van der Waals surface area contributed by atoms with Gasteiger partial charge in [0.25, 0.3) is 0 Å². The Labute approximate surface area is 144 Å². The molecule has 24 heavy (non-hydrogen) atoms. The van der Waals surface area contributed by atoms with Crippen LogP contribution in [0, 0.1) is 6.92 Å². The standard InChI is InChI=1S/C17H18ClN5O/c1-10-8-14-16(20-7-6-19-11(2)24)22-15(23-17(14)21-10)12-4-3-5-13(18)9-12/h3-5,8-9H,6-7H2,1-2H3,(H,19,24)(H2,20,21,22,23). The molecule has 0 bridgehead atoms. The van der Waals surface area contributed by atoms with E-state index < -0.39 is 0 Å². The van der Waals surface area contributed by atoms with Gasteiger partial charge >= 0.3 is 0 Å². The van der Waals surface area contributed by atoms with E-state index in [1.807, 2.05) is 37.3 Å². The molecule has 0 saturated heterocycles. The summed E-state index contributed by atoms with van der Waals surface area (Å²) in [6.45, 7) is 4.57. The van der Waals surface area contributed by atoms with Crippen molar-refractivity contribution in [2.45, 2.75) is 13.8 Å². The van der Waals surface area contributed by atoms with Gasteiger partial charge in [-0.3, -0.25) is 4.79 Å². The maximum absolute atomic E-state index is 11.0. The SMILES string of the molecule is CC(=O)NCCNc1nc(-c2cccc(Cl)c2)nc2[nH]c(C)cc12. The minimum absolute atomic E-state index is 0.0539. The molecule has 1 amide bonds. The number of amides is 1. The molecule has 0 unspecified atom stereocenters. The molecule has 0 fully saturated rings. The van der Waals surface area contributed by atoms with E-state index in [1.165, 1.54) is 6.92 Å². The lowest BCUT2D eigenvalue weighted by Gasteiger charge is -2.09.